The summed E-state index contributed by atoms with van der Waals surface area (Å²) in [6.07, 6.45) is 33.7. The number of benzene rings is 9. The third kappa shape index (κ3) is 27.2. The molecule has 128 heavy (non-hydrogen) atoms. The van der Waals surface area contributed by atoms with Crippen LogP contribution in [0.3, 0.4) is 0 Å². The minimum Gasteiger partial charge on any atom is -0.493 e. The summed E-state index contributed by atoms with van der Waals surface area (Å²) < 4.78 is 36.8. The summed E-state index contributed by atoms with van der Waals surface area (Å²) in [5.74, 6) is 8.36. The Morgan fingerprint density at radius 2 is 0.727 bits per heavy atom. The lowest BCUT2D eigenvalue weighted by molar-refractivity contribution is 0.145. The Morgan fingerprint density at radius 3 is 1.17 bits per heavy atom. The quantitative estimate of drug-likeness (QED) is 0.0199. The number of halogens is 1. The number of pyridine rings is 1. The summed E-state index contributed by atoms with van der Waals surface area (Å²) in [5.41, 5.74) is 9.75. The monoisotopic (exact) mass is 1720 g/mol. The number of aromatic amines is 2. The summed E-state index contributed by atoms with van der Waals surface area (Å²) in [6.45, 7) is 12.1. The number of piperidine rings is 2. The number of aryl methyl sites for hydroxylation is 3. The molecule has 4 fully saturated rings. The molecule has 0 bridgehead atoms. The molecule has 2 saturated heterocycles. The topological polar surface area (TPSA) is 282 Å². The van der Waals surface area contributed by atoms with Crippen molar-refractivity contribution in [3.63, 3.8) is 0 Å². The van der Waals surface area contributed by atoms with Crippen molar-refractivity contribution in [2.24, 2.45) is 23.7 Å². The zero-order valence-corrected chi connectivity index (χ0v) is 73.1. The summed E-state index contributed by atoms with van der Waals surface area (Å²) in [4.78, 5) is 69.3. The normalized spacial score (nSPS) is 14.5. The average Bonchev–Trinajstić information content (AvgIpc) is 0.829. The van der Waals surface area contributed by atoms with Gasteiger partial charge in [-0.15, -0.1) is 0 Å². The maximum Gasteiger partial charge on any atom is 0.258 e. The molecule has 23 nitrogen and oxygen atoms in total. The Balaban J connectivity index is 0.000000129. The number of hydrogen-bond donors (Lipinski definition) is 7. The van der Waals surface area contributed by atoms with Gasteiger partial charge in [-0.25, -0.2) is 44.3 Å². The molecule has 15 aromatic rings. The average molecular weight is 1720 g/mol. The van der Waals surface area contributed by atoms with Crippen LogP contribution in [0.2, 0.25) is 0 Å². The first-order valence-corrected chi connectivity index (χ1v) is 45.9. The van der Waals surface area contributed by atoms with Crippen molar-refractivity contribution in [1.82, 2.24) is 65.0 Å². The standard InChI is InChI=1S/C34H38N6O.C24H29N3O.C23H28N4O.C15H18N2O2.C8H5FN2O/c1-2-7-26(8-3-1)9-6-17-37-34-30-13-12-28(23-33(30)38-25-39-34)41-24-27-15-20-40(21-16-27)22-19-36-32-14-18-35-31-11-5-4-10-29(31)32;1-3-8-19(9-4-1)12-7-15-25-24-22-14-13-21(16-23(22)26-18-27-24)28-17-20-10-5-2-6-11-20;1-2-5-18(6-3-1)7-4-12-25-23-21-9-8-20(15-22(21)26-17-27-23)28-16-19-10-13-24-14-11-19;18-15-13-7-6-12(8-14(13)16-10-17-15)19-9-11-4-2-1-3-5-11;9-5-1-2-6-7(3-5)10-4-11-8(6)12/h1-5,7-8,10-14,18,23,25,27H,6,9,15-17,19-22,24H2,(H,35,36)(H,37,38,39);1,3-4,8-9,13-14,16,18,20H,2,5-7,10-12,15,17H2,(H,25,26,27);1-3,5-6,8-9,15,17,19,24H,4,7,10-14,16H2,(H,25,26,27);6-8,10-11H,1-5,9H2,(H,16,17,18);1-4H,(H,10,11,12). The number of fused-ring (bicyclic) bond motifs is 6. The maximum atomic E-state index is 12.6. The highest BCUT2D eigenvalue weighted by Crippen LogP contribution is 2.32. The SMILES string of the molecule is O=c1[nH]cnc2cc(F)ccc12.O=c1[nH]cnc2cc(OCC3CCCCC3)ccc12.c1ccc(CCCNc2ncnc3cc(OCC4CCCCC4)ccc23)cc1.c1ccc(CCCNc2ncnc3cc(OCC4CCN(CCNc5ccnc6ccccc56)CC4)ccc23)cc1.c1ccc(CCCNc2ncnc3cc(OCC4CCNCC4)ccc23)cc1. The predicted molar refractivity (Wildman–Crippen MR) is 513 cm³/mol. The Hall–Kier alpha value is -13.1. The third-order valence-corrected chi connectivity index (χ3v) is 24.3. The summed E-state index contributed by atoms with van der Waals surface area (Å²) >= 11 is 0. The van der Waals surface area contributed by atoms with Gasteiger partial charge in [-0.2, -0.15) is 0 Å². The molecule has 0 amide bonds. The Kier molecular flexibility index (Phi) is 33.7. The van der Waals surface area contributed by atoms with E-state index in [2.05, 4.69) is 220 Å². The molecule has 0 spiro atoms. The smallest absolute Gasteiger partial charge is 0.258 e. The Labute approximate surface area is 747 Å². The molecule has 7 N–H and O–H groups in total. The first-order chi connectivity index (χ1) is 63.2. The van der Waals surface area contributed by atoms with Gasteiger partial charge in [0.25, 0.3) is 11.1 Å². The van der Waals surface area contributed by atoms with Crippen LogP contribution in [0.15, 0.2) is 260 Å². The van der Waals surface area contributed by atoms with Gasteiger partial charge in [0.15, 0.2) is 0 Å². The molecule has 6 aromatic heterocycles. The lowest BCUT2D eigenvalue weighted by Crippen LogP contribution is -2.38. The fourth-order valence-electron chi connectivity index (χ4n) is 17.0. The first-order valence-electron chi connectivity index (χ1n) is 45.9. The number of para-hydroxylation sites is 1. The lowest BCUT2D eigenvalue weighted by Gasteiger charge is -2.32. The van der Waals surface area contributed by atoms with Gasteiger partial charge in [0.2, 0.25) is 0 Å². The summed E-state index contributed by atoms with van der Waals surface area (Å²) in [5, 5.41) is 22.7. The molecule has 0 radical (unpaired) electrons. The van der Waals surface area contributed by atoms with Crippen molar-refractivity contribution in [3.05, 3.63) is 293 Å². The molecule has 0 unspecified atom stereocenters. The molecule has 24 heteroatoms. The van der Waals surface area contributed by atoms with Gasteiger partial charge in [0.1, 0.15) is 65.3 Å². The van der Waals surface area contributed by atoms with Gasteiger partial charge < -0.3 is 60.4 Å². The van der Waals surface area contributed by atoms with Gasteiger partial charge >= 0.3 is 0 Å². The molecule has 662 valence electrons. The summed E-state index contributed by atoms with van der Waals surface area (Å²) in [7, 11) is 0. The van der Waals surface area contributed by atoms with Crippen LogP contribution in [-0.4, -0.2) is 145 Å². The fraction of sp³-hybridized carbons (Fsp3) is 0.356. The second-order valence-corrected chi connectivity index (χ2v) is 33.6. The van der Waals surface area contributed by atoms with Crippen molar-refractivity contribution in [3.8, 4) is 23.0 Å². The molecule has 2 aliphatic carbocycles. The molecule has 2 aliphatic heterocycles. The molecule has 2 saturated carbocycles. The first kappa shape index (κ1) is 89.8. The van der Waals surface area contributed by atoms with E-state index in [9.17, 15) is 14.0 Å². The number of likely N-dealkylation sites (tertiary alicyclic amines) is 1. The number of H-pyrrole nitrogens is 2. The van der Waals surface area contributed by atoms with Gasteiger partial charge in [0, 0.05) is 96.5 Å². The van der Waals surface area contributed by atoms with Gasteiger partial charge in [-0.05, 0) is 229 Å². The van der Waals surface area contributed by atoms with Crippen molar-refractivity contribution >= 4 is 88.6 Å². The molecular weight excluding hydrogens is 1600 g/mol. The lowest BCUT2D eigenvalue weighted by atomic mass is 9.90. The fourth-order valence-corrected chi connectivity index (χ4v) is 17.0. The number of rotatable bonds is 31. The van der Waals surface area contributed by atoms with Crippen molar-refractivity contribution in [2.45, 2.75) is 128 Å². The van der Waals surface area contributed by atoms with Crippen molar-refractivity contribution < 1.29 is 23.3 Å². The summed E-state index contributed by atoms with van der Waals surface area (Å²) in [6, 6.07) is 69.9. The van der Waals surface area contributed by atoms with E-state index in [1.807, 2.05) is 60.8 Å². The van der Waals surface area contributed by atoms with Crippen molar-refractivity contribution in [1.29, 1.82) is 0 Å². The van der Waals surface area contributed by atoms with E-state index >= 15 is 0 Å². The number of nitrogens with zero attached hydrogens (tertiary/aromatic N) is 10. The number of ether oxygens (including phenoxy) is 4. The van der Waals surface area contributed by atoms with Gasteiger partial charge in [0.05, 0.1) is 83.0 Å². The van der Waals surface area contributed by atoms with E-state index in [1.54, 1.807) is 25.0 Å². The second-order valence-electron chi connectivity index (χ2n) is 33.6. The van der Waals surface area contributed by atoms with Crippen LogP contribution in [-0.2, 0) is 19.3 Å². The molecular formula is C104H118FN17O6. The third-order valence-electron chi connectivity index (χ3n) is 24.3. The van der Waals surface area contributed by atoms with Crippen LogP contribution in [0.4, 0.5) is 27.5 Å². The number of nitrogens with one attached hydrogen (secondary N) is 7. The van der Waals surface area contributed by atoms with E-state index in [1.165, 1.54) is 130 Å². The predicted octanol–water partition coefficient (Wildman–Crippen LogP) is 20.1. The van der Waals surface area contributed by atoms with E-state index < -0.39 is 0 Å². The van der Waals surface area contributed by atoms with E-state index in [0.717, 1.165) is 221 Å². The second kappa shape index (κ2) is 48.0. The van der Waals surface area contributed by atoms with E-state index in [4.69, 9.17) is 18.9 Å². The van der Waals surface area contributed by atoms with Crippen LogP contribution in [0, 0.1) is 29.5 Å². The Bertz CT molecular complexity index is 5900. The highest BCUT2D eigenvalue weighted by atomic mass is 19.1. The molecule has 4 aliphatic rings. The van der Waals surface area contributed by atoms with E-state index in [-0.39, 0.29) is 16.9 Å². The molecule has 8 heterocycles. The van der Waals surface area contributed by atoms with Crippen LogP contribution >= 0.6 is 0 Å². The molecule has 19 rings (SSSR count). The van der Waals surface area contributed by atoms with Crippen LogP contribution < -0.4 is 56.6 Å². The van der Waals surface area contributed by atoms with Gasteiger partial charge in [-0.3, -0.25) is 14.6 Å². The molecule has 0 atom stereocenters. The van der Waals surface area contributed by atoms with Crippen LogP contribution in [0.1, 0.15) is 126 Å². The number of hydrogen-bond acceptors (Lipinski definition) is 21. The zero-order valence-electron chi connectivity index (χ0n) is 73.1. The Morgan fingerprint density at radius 1 is 0.344 bits per heavy atom. The minimum atomic E-state index is -0.388. The van der Waals surface area contributed by atoms with Crippen LogP contribution in [0.25, 0.3) is 65.4 Å². The number of aromatic nitrogens is 11. The van der Waals surface area contributed by atoms with Crippen LogP contribution in [0.5, 0.6) is 23.0 Å². The largest absolute Gasteiger partial charge is 0.493 e. The van der Waals surface area contributed by atoms with Crippen molar-refractivity contribution in [2.75, 3.05) is 107 Å². The molecule has 9 aromatic carbocycles. The highest BCUT2D eigenvalue weighted by molar-refractivity contribution is 5.93. The highest BCUT2D eigenvalue weighted by Gasteiger charge is 2.22. The van der Waals surface area contributed by atoms with Gasteiger partial charge in [-0.1, -0.05) is 148 Å². The number of anilines is 4. The zero-order chi connectivity index (χ0) is 87.4. The maximum absolute atomic E-state index is 12.6. The minimum absolute atomic E-state index is 0.108. The van der Waals surface area contributed by atoms with E-state index in [0.29, 0.717) is 45.5 Å².